The van der Waals surface area contributed by atoms with Crippen molar-refractivity contribution in [3.8, 4) is 0 Å². The summed E-state index contributed by atoms with van der Waals surface area (Å²) in [5.41, 5.74) is 0.490. The van der Waals surface area contributed by atoms with Gasteiger partial charge in [-0.15, -0.1) is 0 Å². The summed E-state index contributed by atoms with van der Waals surface area (Å²) in [5.74, 6) is 0.0759. The number of carbonyl (C=O) groups is 1. The summed E-state index contributed by atoms with van der Waals surface area (Å²) in [6.45, 7) is 3.75. The topological polar surface area (TPSA) is 41.1 Å². The number of carbonyl (C=O) groups excluding carboxylic acids is 1. The van der Waals surface area contributed by atoms with Gasteiger partial charge in [0.25, 0.3) is 0 Å². The van der Waals surface area contributed by atoms with Crippen LogP contribution in [0.25, 0.3) is 0 Å². The molecule has 1 fully saturated rings. The molecule has 0 bridgehead atoms. The van der Waals surface area contributed by atoms with Crippen LogP contribution in [-0.2, 0) is 4.79 Å². The Morgan fingerprint density at radius 3 is 2.71 bits per heavy atom. The van der Waals surface area contributed by atoms with E-state index in [1.165, 1.54) is 0 Å². The predicted octanol–water partition coefficient (Wildman–Crippen LogP) is 2.67. The highest BCUT2D eigenvalue weighted by Gasteiger charge is 2.34. The van der Waals surface area contributed by atoms with Crippen LogP contribution < -0.4 is 10.6 Å². The highest BCUT2D eigenvalue weighted by Crippen LogP contribution is 2.27. The largest absolute Gasteiger partial charge is 0.326 e. The molecule has 1 aliphatic heterocycles. The molecule has 1 aromatic rings. The van der Waals surface area contributed by atoms with E-state index in [0.29, 0.717) is 5.02 Å². The molecule has 1 amide bonds. The number of anilines is 1. The Kier molecular flexibility index (Phi) is 3.69. The second kappa shape index (κ2) is 5.07. The van der Waals surface area contributed by atoms with Gasteiger partial charge < -0.3 is 10.6 Å². The molecular formula is C13H17ClN2O. The average Bonchev–Trinajstić information content (AvgIpc) is 2.33. The van der Waals surface area contributed by atoms with Crippen molar-refractivity contribution in [2.24, 2.45) is 5.41 Å². The summed E-state index contributed by atoms with van der Waals surface area (Å²) in [6.07, 6.45) is 1.98. The Labute approximate surface area is 107 Å². The third kappa shape index (κ3) is 2.99. The van der Waals surface area contributed by atoms with Crippen molar-refractivity contribution in [3.05, 3.63) is 29.3 Å². The van der Waals surface area contributed by atoms with Crippen molar-refractivity contribution in [1.29, 1.82) is 0 Å². The molecule has 92 valence electrons. The van der Waals surface area contributed by atoms with E-state index in [1.54, 1.807) is 12.1 Å². The van der Waals surface area contributed by atoms with Gasteiger partial charge in [-0.05, 0) is 50.6 Å². The molecule has 1 aromatic carbocycles. The lowest BCUT2D eigenvalue weighted by Gasteiger charge is -2.32. The number of amides is 1. The minimum atomic E-state index is -0.308. The van der Waals surface area contributed by atoms with Gasteiger partial charge in [0.2, 0.25) is 5.91 Å². The number of rotatable bonds is 2. The maximum Gasteiger partial charge on any atom is 0.231 e. The van der Waals surface area contributed by atoms with Crippen LogP contribution in [0.5, 0.6) is 0 Å². The first-order chi connectivity index (χ1) is 8.10. The van der Waals surface area contributed by atoms with Crippen LogP contribution in [-0.4, -0.2) is 19.0 Å². The molecule has 1 unspecified atom stereocenters. The molecule has 17 heavy (non-hydrogen) atoms. The van der Waals surface area contributed by atoms with Crippen molar-refractivity contribution >= 4 is 23.2 Å². The third-order valence-electron chi connectivity index (χ3n) is 3.25. The maximum atomic E-state index is 12.2. The Balaban J connectivity index is 2.03. The smallest absolute Gasteiger partial charge is 0.231 e. The molecule has 0 spiro atoms. The minimum absolute atomic E-state index is 0.0759. The van der Waals surface area contributed by atoms with Gasteiger partial charge in [0.15, 0.2) is 0 Å². The average molecular weight is 253 g/mol. The van der Waals surface area contributed by atoms with E-state index < -0.39 is 0 Å². The first-order valence-electron chi connectivity index (χ1n) is 5.88. The van der Waals surface area contributed by atoms with Crippen LogP contribution >= 0.6 is 11.6 Å². The van der Waals surface area contributed by atoms with Crippen molar-refractivity contribution in [1.82, 2.24) is 5.32 Å². The van der Waals surface area contributed by atoms with Crippen molar-refractivity contribution in [2.45, 2.75) is 19.8 Å². The van der Waals surface area contributed by atoms with Crippen molar-refractivity contribution in [3.63, 3.8) is 0 Å². The fourth-order valence-electron chi connectivity index (χ4n) is 2.07. The highest BCUT2D eigenvalue weighted by atomic mass is 35.5. The first kappa shape index (κ1) is 12.4. The van der Waals surface area contributed by atoms with Gasteiger partial charge in [-0.1, -0.05) is 11.6 Å². The van der Waals surface area contributed by atoms with Gasteiger partial charge >= 0.3 is 0 Å². The van der Waals surface area contributed by atoms with E-state index in [0.717, 1.165) is 31.6 Å². The number of hydrogen-bond donors (Lipinski definition) is 2. The number of piperidine rings is 1. The molecule has 0 aromatic heterocycles. The number of nitrogens with one attached hydrogen (secondary N) is 2. The van der Waals surface area contributed by atoms with E-state index in [9.17, 15) is 4.79 Å². The standard InChI is InChI=1S/C13H17ClN2O/c1-13(7-2-8-15-9-13)12(17)16-11-5-3-10(14)4-6-11/h3-6,15H,2,7-9H2,1H3,(H,16,17). The monoisotopic (exact) mass is 252 g/mol. The van der Waals surface area contributed by atoms with Gasteiger partial charge in [0.05, 0.1) is 5.41 Å². The van der Waals surface area contributed by atoms with Crippen LogP contribution in [0, 0.1) is 5.41 Å². The van der Waals surface area contributed by atoms with Gasteiger partial charge in [-0.25, -0.2) is 0 Å². The fourth-order valence-corrected chi connectivity index (χ4v) is 2.19. The quantitative estimate of drug-likeness (QED) is 0.850. The molecule has 0 aliphatic carbocycles. The molecule has 0 radical (unpaired) electrons. The van der Waals surface area contributed by atoms with E-state index in [1.807, 2.05) is 19.1 Å². The summed E-state index contributed by atoms with van der Waals surface area (Å²) >= 11 is 5.80. The van der Waals surface area contributed by atoms with Crippen LogP contribution in [0.1, 0.15) is 19.8 Å². The maximum absolute atomic E-state index is 12.2. The molecule has 0 saturated carbocycles. The predicted molar refractivity (Wildman–Crippen MR) is 70.3 cm³/mol. The van der Waals surface area contributed by atoms with E-state index >= 15 is 0 Å². The zero-order valence-corrected chi connectivity index (χ0v) is 10.7. The van der Waals surface area contributed by atoms with E-state index in [-0.39, 0.29) is 11.3 Å². The van der Waals surface area contributed by atoms with Gasteiger partial charge in [0.1, 0.15) is 0 Å². The Morgan fingerprint density at radius 1 is 1.41 bits per heavy atom. The van der Waals surface area contributed by atoms with Crippen LogP contribution in [0.2, 0.25) is 5.02 Å². The Hall–Kier alpha value is -1.06. The lowest BCUT2D eigenvalue weighted by molar-refractivity contribution is -0.125. The van der Waals surface area contributed by atoms with Crippen LogP contribution in [0.15, 0.2) is 24.3 Å². The lowest BCUT2D eigenvalue weighted by Crippen LogP contribution is -2.46. The Morgan fingerprint density at radius 2 is 2.12 bits per heavy atom. The molecule has 1 aliphatic rings. The summed E-state index contributed by atoms with van der Waals surface area (Å²) in [4.78, 5) is 12.2. The van der Waals surface area contributed by atoms with Gasteiger partial charge in [-0.3, -0.25) is 4.79 Å². The zero-order chi connectivity index (χ0) is 12.3. The third-order valence-corrected chi connectivity index (χ3v) is 3.50. The van der Waals surface area contributed by atoms with Gasteiger partial charge in [-0.2, -0.15) is 0 Å². The number of halogens is 1. The highest BCUT2D eigenvalue weighted by molar-refractivity contribution is 6.30. The van der Waals surface area contributed by atoms with Crippen LogP contribution in [0.3, 0.4) is 0 Å². The number of hydrogen-bond acceptors (Lipinski definition) is 2. The zero-order valence-electron chi connectivity index (χ0n) is 9.92. The molecule has 4 heteroatoms. The number of benzene rings is 1. The lowest BCUT2D eigenvalue weighted by atomic mass is 9.82. The molecule has 2 rings (SSSR count). The molecule has 3 nitrogen and oxygen atoms in total. The molecular weight excluding hydrogens is 236 g/mol. The van der Waals surface area contributed by atoms with Crippen molar-refractivity contribution in [2.75, 3.05) is 18.4 Å². The second-order valence-electron chi connectivity index (χ2n) is 4.80. The fraction of sp³-hybridized carbons (Fsp3) is 0.462. The SMILES string of the molecule is CC1(C(=O)Nc2ccc(Cl)cc2)CCCNC1. The Bertz CT molecular complexity index is 396. The summed E-state index contributed by atoms with van der Waals surface area (Å²) in [7, 11) is 0. The molecule has 1 saturated heterocycles. The molecule has 2 N–H and O–H groups in total. The van der Waals surface area contributed by atoms with Crippen molar-refractivity contribution < 1.29 is 4.79 Å². The van der Waals surface area contributed by atoms with Crippen LogP contribution in [0.4, 0.5) is 5.69 Å². The minimum Gasteiger partial charge on any atom is -0.326 e. The van der Waals surface area contributed by atoms with Gasteiger partial charge in [0, 0.05) is 17.3 Å². The normalized spacial score (nSPS) is 24.4. The summed E-state index contributed by atoms with van der Waals surface area (Å²) in [6, 6.07) is 7.19. The van der Waals surface area contributed by atoms with E-state index in [4.69, 9.17) is 11.6 Å². The second-order valence-corrected chi connectivity index (χ2v) is 5.24. The summed E-state index contributed by atoms with van der Waals surface area (Å²) < 4.78 is 0. The first-order valence-corrected chi connectivity index (χ1v) is 6.26. The summed E-state index contributed by atoms with van der Waals surface area (Å²) in [5, 5.41) is 6.89. The molecule has 1 heterocycles. The van der Waals surface area contributed by atoms with E-state index in [2.05, 4.69) is 10.6 Å². The molecule has 1 atom stereocenters.